The number of aromatic nitrogens is 3. The van der Waals surface area contributed by atoms with Crippen molar-refractivity contribution >= 4 is 12.0 Å². The molecule has 0 N–H and O–H groups in total. The molecule has 3 rings (SSSR count). The molecule has 2 aromatic heterocycles. The van der Waals surface area contributed by atoms with Gasteiger partial charge in [-0.15, -0.1) is 0 Å². The second-order valence-electron chi connectivity index (χ2n) is 5.33. The van der Waals surface area contributed by atoms with E-state index in [1.165, 1.54) is 14.2 Å². The summed E-state index contributed by atoms with van der Waals surface area (Å²) >= 11 is 0. The molecule has 0 saturated carbocycles. The Kier molecular flexibility index (Phi) is 5.38. The molecule has 0 amide bonds. The van der Waals surface area contributed by atoms with Gasteiger partial charge in [-0.1, -0.05) is 18.2 Å². The number of benzene rings is 1. The van der Waals surface area contributed by atoms with E-state index in [0.29, 0.717) is 23.3 Å². The molecule has 0 fully saturated rings. The Labute approximate surface area is 151 Å². The highest BCUT2D eigenvalue weighted by atomic mass is 16.5. The van der Waals surface area contributed by atoms with Crippen LogP contribution in [0.5, 0.6) is 23.5 Å². The SMILES string of the molecule is COc1cc(OC)nc(Oc2ccccc2C=Nc2ccc(C)cn2)n1. The van der Waals surface area contributed by atoms with E-state index < -0.39 is 0 Å². The molecule has 0 bridgehead atoms. The van der Waals surface area contributed by atoms with Gasteiger partial charge in [0.15, 0.2) is 5.82 Å². The van der Waals surface area contributed by atoms with Crippen LogP contribution in [-0.2, 0) is 0 Å². The summed E-state index contributed by atoms with van der Waals surface area (Å²) in [6.45, 7) is 1.98. The Bertz CT molecular complexity index is 889. The number of ether oxygens (including phenoxy) is 3. The number of hydrogen-bond acceptors (Lipinski definition) is 7. The summed E-state index contributed by atoms with van der Waals surface area (Å²) in [4.78, 5) is 17.0. The average molecular weight is 350 g/mol. The Morgan fingerprint density at radius 3 is 2.35 bits per heavy atom. The first-order chi connectivity index (χ1) is 12.7. The van der Waals surface area contributed by atoms with Crippen molar-refractivity contribution in [3.63, 3.8) is 0 Å². The fourth-order valence-electron chi connectivity index (χ4n) is 2.09. The van der Waals surface area contributed by atoms with E-state index in [1.807, 2.05) is 37.3 Å². The lowest BCUT2D eigenvalue weighted by Gasteiger charge is -2.09. The minimum Gasteiger partial charge on any atom is -0.481 e. The standard InChI is InChI=1S/C19H18N4O3/c1-13-8-9-16(20-11-13)21-12-14-6-4-5-7-15(14)26-19-22-17(24-2)10-18(23-19)25-3/h4-12H,1-3H3. The van der Waals surface area contributed by atoms with Crippen molar-refractivity contribution in [3.8, 4) is 23.5 Å². The zero-order valence-electron chi connectivity index (χ0n) is 14.7. The number of aliphatic imine (C=N–C) groups is 1. The average Bonchev–Trinajstić information content (AvgIpc) is 2.68. The number of aryl methyl sites for hydroxylation is 1. The lowest BCUT2D eigenvalue weighted by Crippen LogP contribution is -1.99. The summed E-state index contributed by atoms with van der Waals surface area (Å²) in [5, 5.41) is 0. The van der Waals surface area contributed by atoms with Crippen LogP contribution in [0.4, 0.5) is 5.82 Å². The quantitative estimate of drug-likeness (QED) is 0.630. The van der Waals surface area contributed by atoms with Crippen LogP contribution in [0, 0.1) is 6.92 Å². The lowest BCUT2D eigenvalue weighted by molar-refractivity contribution is 0.348. The molecule has 26 heavy (non-hydrogen) atoms. The molecule has 0 unspecified atom stereocenters. The largest absolute Gasteiger partial charge is 0.481 e. The second-order valence-corrected chi connectivity index (χ2v) is 5.33. The van der Waals surface area contributed by atoms with Crippen molar-refractivity contribution in [2.45, 2.75) is 6.92 Å². The maximum atomic E-state index is 5.81. The summed E-state index contributed by atoms with van der Waals surface area (Å²) in [5.74, 6) is 1.87. The number of nitrogens with zero attached hydrogens (tertiary/aromatic N) is 4. The van der Waals surface area contributed by atoms with Gasteiger partial charge in [0.2, 0.25) is 11.8 Å². The highest BCUT2D eigenvalue weighted by molar-refractivity contribution is 5.85. The molecule has 0 aliphatic rings. The maximum Gasteiger partial charge on any atom is 0.328 e. The highest BCUT2D eigenvalue weighted by Gasteiger charge is 2.09. The first-order valence-corrected chi connectivity index (χ1v) is 7.88. The maximum absolute atomic E-state index is 5.81. The molecule has 7 nitrogen and oxygen atoms in total. The molecule has 1 aromatic carbocycles. The predicted molar refractivity (Wildman–Crippen MR) is 97.9 cm³/mol. The molecule has 0 aliphatic heterocycles. The Morgan fingerprint density at radius 1 is 0.962 bits per heavy atom. The van der Waals surface area contributed by atoms with E-state index in [-0.39, 0.29) is 6.01 Å². The topological polar surface area (TPSA) is 78.7 Å². The molecule has 3 aromatic rings. The van der Waals surface area contributed by atoms with Gasteiger partial charge in [0.05, 0.1) is 20.3 Å². The first kappa shape index (κ1) is 17.3. The monoisotopic (exact) mass is 350 g/mol. The van der Waals surface area contributed by atoms with Gasteiger partial charge in [-0.2, -0.15) is 9.97 Å². The van der Waals surface area contributed by atoms with Crippen LogP contribution in [0.25, 0.3) is 0 Å². The number of hydrogen-bond donors (Lipinski definition) is 0. The molecule has 0 atom stereocenters. The lowest BCUT2D eigenvalue weighted by atomic mass is 10.2. The highest BCUT2D eigenvalue weighted by Crippen LogP contribution is 2.26. The zero-order chi connectivity index (χ0) is 18.4. The van der Waals surface area contributed by atoms with Gasteiger partial charge in [-0.05, 0) is 30.7 Å². The summed E-state index contributed by atoms with van der Waals surface area (Å²) < 4.78 is 16.1. The van der Waals surface area contributed by atoms with Crippen LogP contribution in [0.2, 0.25) is 0 Å². The Morgan fingerprint density at radius 2 is 1.69 bits per heavy atom. The van der Waals surface area contributed by atoms with Crippen LogP contribution in [0.15, 0.2) is 53.7 Å². The van der Waals surface area contributed by atoms with E-state index in [1.54, 1.807) is 24.5 Å². The Hall–Kier alpha value is -3.48. The number of methoxy groups -OCH3 is 2. The van der Waals surface area contributed by atoms with E-state index >= 15 is 0 Å². The van der Waals surface area contributed by atoms with Gasteiger partial charge >= 0.3 is 6.01 Å². The van der Waals surface area contributed by atoms with Gasteiger partial charge in [0, 0.05) is 18.0 Å². The van der Waals surface area contributed by atoms with Crippen LogP contribution in [0.3, 0.4) is 0 Å². The molecule has 0 spiro atoms. The molecule has 2 heterocycles. The molecular weight excluding hydrogens is 332 g/mol. The molecule has 132 valence electrons. The number of para-hydroxylation sites is 1. The number of rotatable bonds is 6. The van der Waals surface area contributed by atoms with Gasteiger partial charge in [0.1, 0.15) is 5.75 Å². The van der Waals surface area contributed by atoms with Crippen LogP contribution in [0.1, 0.15) is 11.1 Å². The van der Waals surface area contributed by atoms with Crippen LogP contribution < -0.4 is 14.2 Å². The molecule has 0 aliphatic carbocycles. The van der Waals surface area contributed by atoms with Crippen molar-refractivity contribution < 1.29 is 14.2 Å². The summed E-state index contributed by atoms with van der Waals surface area (Å²) in [6, 6.07) is 12.9. The third-order valence-electron chi connectivity index (χ3n) is 3.43. The molecular formula is C19H18N4O3. The van der Waals surface area contributed by atoms with Gasteiger partial charge in [-0.3, -0.25) is 0 Å². The fraction of sp³-hybridized carbons (Fsp3) is 0.158. The summed E-state index contributed by atoms with van der Waals surface area (Å²) in [6.07, 6.45) is 3.45. The molecule has 0 radical (unpaired) electrons. The third-order valence-corrected chi connectivity index (χ3v) is 3.43. The van der Waals surface area contributed by atoms with E-state index in [0.717, 1.165) is 11.1 Å². The van der Waals surface area contributed by atoms with E-state index in [4.69, 9.17) is 14.2 Å². The van der Waals surface area contributed by atoms with Crippen molar-refractivity contribution in [2.24, 2.45) is 4.99 Å². The smallest absolute Gasteiger partial charge is 0.328 e. The van der Waals surface area contributed by atoms with Gasteiger partial charge < -0.3 is 14.2 Å². The summed E-state index contributed by atoms with van der Waals surface area (Å²) in [7, 11) is 3.03. The minimum atomic E-state index is 0.121. The van der Waals surface area contributed by atoms with Crippen molar-refractivity contribution in [2.75, 3.05) is 14.2 Å². The fourth-order valence-corrected chi connectivity index (χ4v) is 2.09. The van der Waals surface area contributed by atoms with Crippen LogP contribution in [-0.4, -0.2) is 35.4 Å². The predicted octanol–water partition coefficient (Wildman–Crippen LogP) is 3.74. The number of pyridine rings is 1. The van der Waals surface area contributed by atoms with Crippen molar-refractivity contribution in [3.05, 3.63) is 59.8 Å². The van der Waals surface area contributed by atoms with Crippen molar-refractivity contribution in [1.29, 1.82) is 0 Å². The van der Waals surface area contributed by atoms with Gasteiger partial charge in [-0.25, -0.2) is 9.98 Å². The summed E-state index contributed by atoms with van der Waals surface area (Å²) in [5.41, 5.74) is 1.84. The van der Waals surface area contributed by atoms with Crippen LogP contribution >= 0.6 is 0 Å². The van der Waals surface area contributed by atoms with Crippen molar-refractivity contribution in [1.82, 2.24) is 15.0 Å². The van der Waals surface area contributed by atoms with Gasteiger partial charge in [0.25, 0.3) is 0 Å². The minimum absolute atomic E-state index is 0.121. The van der Waals surface area contributed by atoms with E-state index in [2.05, 4.69) is 19.9 Å². The van der Waals surface area contributed by atoms with E-state index in [9.17, 15) is 0 Å². The zero-order valence-corrected chi connectivity index (χ0v) is 14.7. The molecule has 7 heteroatoms. The second kappa shape index (κ2) is 8.06. The third kappa shape index (κ3) is 4.32. The first-order valence-electron chi connectivity index (χ1n) is 7.88. The Balaban J connectivity index is 1.86. The molecule has 0 saturated heterocycles. The normalized spacial score (nSPS) is 10.7.